The highest BCUT2D eigenvalue weighted by molar-refractivity contribution is 7.97. The van der Waals surface area contributed by atoms with Gasteiger partial charge in [-0.1, -0.05) is 30.9 Å². The monoisotopic (exact) mass is 351 g/mol. The van der Waals surface area contributed by atoms with E-state index >= 15 is 0 Å². The number of hydrazine groups is 1. The quantitative estimate of drug-likeness (QED) is 0.437. The zero-order valence-corrected chi connectivity index (χ0v) is 15.1. The van der Waals surface area contributed by atoms with E-state index in [1.807, 2.05) is 68.5 Å². The van der Waals surface area contributed by atoms with Crippen LogP contribution in [0.15, 0.2) is 77.1 Å². The highest BCUT2D eigenvalue weighted by Crippen LogP contribution is 2.18. The van der Waals surface area contributed by atoms with Gasteiger partial charge >= 0.3 is 0 Å². The van der Waals surface area contributed by atoms with Crippen LogP contribution in [0.4, 0.5) is 0 Å². The Balaban J connectivity index is 2.02. The molecule has 0 spiro atoms. The van der Waals surface area contributed by atoms with Crippen LogP contribution in [-0.4, -0.2) is 12.1 Å². The lowest BCUT2D eigenvalue weighted by Crippen LogP contribution is -2.32. The van der Waals surface area contributed by atoms with Crippen molar-refractivity contribution in [1.82, 2.24) is 10.3 Å². The van der Waals surface area contributed by atoms with Crippen molar-refractivity contribution < 1.29 is 4.79 Å². The molecule has 0 aliphatic carbocycles. The fraction of sp³-hybridized carbons (Fsp3) is 0.100. The number of carbonyl (C=O) groups is 1. The molecule has 0 saturated heterocycles. The number of amides is 1. The summed E-state index contributed by atoms with van der Waals surface area (Å²) < 4.78 is 0. The average Bonchev–Trinajstić information content (AvgIpc) is 2.62. The predicted octanol–water partition coefficient (Wildman–Crippen LogP) is 4.55. The average molecular weight is 351 g/mol. The van der Waals surface area contributed by atoms with Crippen molar-refractivity contribution in [1.29, 1.82) is 0 Å². The third kappa shape index (κ3) is 6.06. The van der Waals surface area contributed by atoms with Crippen molar-refractivity contribution >= 4 is 29.8 Å². The zero-order valence-electron chi connectivity index (χ0n) is 14.3. The first-order valence-corrected chi connectivity index (χ1v) is 8.65. The van der Waals surface area contributed by atoms with Crippen LogP contribution >= 0.6 is 11.9 Å². The van der Waals surface area contributed by atoms with E-state index in [0.717, 1.165) is 16.0 Å². The molecule has 2 N–H and O–H groups in total. The summed E-state index contributed by atoms with van der Waals surface area (Å²) >= 11 is 1.34. The van der Waals surface area contributed by atoms with Gasteiger partial charge in [0.1, 0.15) is 0 Å². The number of hydrogen-bond acceptors (Lipinski definition) is 4. The largest absolute Gasteiger partial charge is 0.277 e. The van der Waals surface area contributed by atoms with Gasteiger partial charge in [0, 0.05) is 22.2 Å². The van der Waals surface area contributed by atoms with E-state index in [1.165, 1.54) is 11.9 Å². The van der Waals surface area contributed by atoms with Crippen LogP contribution < -0.4 is 10.3 Å². The minimum Gasteiger partial charge on any atom is -0.277 e. The standard InChI is InChI=1S/C20H21N3OS/c1-4-5-11-21-16(3)17-12-15(2)13-18(14-17)20(24)22-23-25-19-9-7-6-8-10-19/h4-14,23H,3H2,1-2H3,(H,22,24)/b5-4-,21-11-. The predicted molar refractivity (Wildman–Crippen MR) is 106 cm³/mol. The van der Waals surface area contributed by atoms with Gasteiger partial charge in [0.2, 0.25) is 0 Å². The molecule has 0 radical (unpaired) electrons. The molecule has 2 aromatic carbocycles. The third-order valence-electron chi connectivity index (χ3n) is 3.26. The van der Waals surface area contributed by atoms with Crippen LogP contribution in [-0.2, 0) is 0 Å². The fourth-order valence-corrected chi connectivity index (χ4v) is 2.62. The van der Waals surface area contributed by atoms with E-state index in [1.54, 1.807) is 12.3 Å². The minimum atomic E-state index is -0.210. The van der Waals surface area contributed by atoms with Crippen molar-refractivity contribution in [3.63, 3.8) is 0 Å². The van der Waals surface area contributed by atoms with Crippen molar-refractivity contribution in [2.75, 3.05) is 0 Å². The van der Waals surface area contributed by atoms with Crippen molar-refractivity contribution in [2.45, 2.75) is 18.7 Å². The minimum absolute atomic E-state index is 0.210. The second kappa shape index (κ2) is 9.61. The van der Waals surface area contributed by atoms with Crippen LogP contribution in [0, 0.1) is 6.92 Å². The molecule has 0 aromatic heterocycles. The molecule has 0 heterocycles. The van der Waals surface area contributed by atoms with Gasteiger partial charge in [-0.3, -0.25) is 15.2 Å². The number of rotatable bonds is 7. The lowest BCUT2D eigenvalue weighted by molar-refractivity contribution is 0.0947. The summed E-state index contributed by atoms with van der Waals surface area (Å²) in [6.07, 6.45) is 5.41. The van der Waals surface area contributed by atoms with Crippen LogP contribution in [0.1, 0.15) is 28.4 Å². The number of hydrogen-bond donors (Lipinski definition) is 2. The van der Waals surface area contributed by atoms with E-state index in [0.29, 0.717) is 11.3 Å². The first-order valence-electron chi connectivity index (χ1n) is 7.83. The number of allylic oxidation sites excluding steroid dienone is 2. The van der Waals surface area contributed by atoms with Gasteiger partial charge in [-0.25, -0.2) is 0 Å². The topological polar surface area (TPSA) is 53.5 Å². The first kappa shape index (κ1) is 18.7. The Labute approximate surface area is 152 Å². The molecule has 25 heavy (non-hydrogen) atoms. The first-order chi connectivity index (χ1) is 12.1. The van der Waals surface area contributed by atoms with Crippen LogP contribution in [0.3, 0.4) is 0 Å². The van der Waals surface area contributed by atoms with Gasteiger partial charge in [0.25, 0.3) is 5.91 Å². The van der Waals surface area contributed by atoms with Crippen molar-refractivity contribution in [2.24, 2.45) is 4.99 Å². The molecule has 128 valence electrons. The van der Waals surface area contributed by atoms with E-state index in [9.17, 15) is 4.79 Å². The Hall–Kier alpha value is -2.63. The van der Waals surface area contributed by atoms with Gasteiger partial charge in [0.05, 0.1) is 5.70 Å². The summed E-state index contributed by atoms with van der Waals surface area (Å²) in [5.41, 5.74) is 5.65. The molecule has 0 fully saturated rings. The maximum atomic E-state index is 12.4. The Morgan fingerprint density at radius 3 is 2.60 bits per heavy atom. The third-order valence-corrected chi connectivity index (χ3v) is 3.97. The molecular weight excluding hydrogens is 330 g/mol. The summed E-state index contributed by atoms with van der Waals surface area (Å²) in [4.78, 5) is 20.5. The second-order valence-electron chi connectivity index (χ2n) is 5.31. The summed E-state index contributed by atoms with van der Waals surface area (Å²) in [5.74, 6) is -0.210. The number of carbonyl (C=O) groups excluding carboxylic acids is 1. The maximum absolute atomic E-state index is 12.4. The smallest absolute Gasteiger partial charge is 0.266 e. The summed E-state index contributed by atoms with van der Waals surface area (Å²) in [6.45, 7) is 7.82. The number of aryl methyl sites for hydroxylation is 1. The van der Waals surface area contributed by atoms with E-state index in [2.05, 4.69) is 21.8 Å². The van der Waals surface area contributed by atoms with E-state index in [4.69, 9.17) is 0 Å². The molecule has 5 heteroatoms. The number of aliphatic imine (C=N–C) groups is 1. The molecule has 4 nitrogen and oxygen atoms in total. The molecule has 0 aliphatic rings. The number of benzene rings is 2. The molecular formula is C20H21N3OS. The van der Waals surface area contributed by atoms with Crippen LogP contribution in [0.2, 0.25) is 0 Å². The molecule has 0 saturated carbocycles. The van der Waals surface area contributed by atoms with Crippen molar-refractivity contribution in [3.05, 3.63) is 84.0 Å². The Morgan fingerprint density at radius 2 is 1.88 bits per heavy atom. The van der Waals surface area contributed by atoms with Crippen molar-refractivity contribution in [3.8, 4) is 0 Å². The molecule has 0 aliphatic heterocycles. The lowest BCUT2D eigenvalue weighted by Gasteiger charge is -2.09. The molecule has 1 amide bonds. The molecule has 2 aromatic rings. The van der Waals surface area contributed by atoms with Gasteiger partial charge < -0.3 is 0 Å². The normalized spacial score (nSPS) is 11.1. The highest BCUT2D eigenvalue weighted by Gasteiger charge is 2.09. The molecule has 2 rings (SSSR count). The van der Waals surface area contributed by atoms with E-state index in [-0.39, 0.29) is 5.91 Å². The number of nitrogens with zero attached hydrogens (tertiary/aromatic N) is 1. The second-order valence-corrected chi connectivity index (χ2v) is 6.19. The SMILES string of the molecule is C=C(/N=C\C=C/C)c1cc(C)cc(C(=O)NNSc2ccccc2)c1. The maximum Gasteiger partial charge on any atom is 0.266 e. The molecule has 0 unspecified atom stereocenters. The van der Waals surface area contributed by atoms with Gasteiger partial charge in [0.15, 0.2) is 0 Å². The zero-order chi connectivity index (χ0) is 18.1. The fourth-order valence-electron chi connectivity index (χ4n) is 2.07. The highest BCUT2D eigenvalue weighted by atomic mass is 32.2. The van der Waals surface area contributed by atoms with Gasteiger partial charge in [-0.2, -0.15) is 4.83 Å². The Bertz CT molecular complexity index is 798. The Kier molecular flexibility index (Phi) is 7.19. The molecule has 0 atom stereocenters. The lowest BCUT2D eigenvalue weighted by atomic mass is 10.0. The number of nitrogens with one attached hydrogen (secondary N) is 2. The van der Waals surface area contributed by atoms with Crippen LogP contribution in [0.25, 0.3) is 5.70 Å². The van der Waals surface area contributed by atoms with Gasteiger partial charge in [-0.05, 0) is 67.8 Å². The van der Waals surface area contributed by atoms with Gasteiger partial charge in [-0.15, -0.1) is 0 Å². The molecule has 0 bridgehead atoms. The van der Waals surface area contributed by atoms with E-state index < -0.39 is 0 Å². The van der Waals surface area contributed by atoms with Crippen LogP contribution in [0.5, 0.6) is 0 Å². The summed E-state index contributed by atoms with van der Waals surface area (Å²) in [6, 6.07) is 15.3. The summed E-state index contributed by atoms with van der Waals surface area (Å²) in [5, 5.41) is 0. The summed E-state index contributed by atoms with van der Waals surface area (Å²) in [7, 11) is 0. The Morgan fingerprint density at radius 1 is 1.16 bits per heavy atom.